The van der Waals surface area contributed by atoms with Crippen molar-refractivity contribution in [3.63, 3.8) is 0 Å². The number of hydrogen-bond donors (Lipinski definition) is 2. The Labute approximate surface area is 111 Å². The van der Waals surface area contributed by atoms with E-state index in [0.29, 0.717) is 6.54 Å². The van der Waals surface area contributed by atoms with Gasteiger partial charge in [0.25, 0.3) is 0 Å². The topological polar surface area (TPSA) is 75.4 Å². The van der Waals surface area contributed by atoms with Crippen LogP contribution in [0.25, 0.3) is 0 Å². The molecular formula is C14H17N3O2. The number of anilines is 1. The number of nitrogens with two attached hydrogens (primary N) is 1. The van der Waals surface area contributed by atoms with Crippen molar-refractivity contribution < 1.29 is 9.59 Å². The third kappa shape index (κ3) is 2.05. The number of benzene rings is 1. The first-order valence-electron chi connectivity index (χ1n) is 6.61. The number of para-hydroxylation sites is 1. The van der Waals surface area contributed by atoms with Crippen molar-refractivity contribution in [1.29, 1.82) is 0 Å². The molecule has 0 unspecified atom stereocenters. The van der Waals surface area contributed by atoms with Gasteiger partial charge in [-0.1, -0.05) is 24.6 Å². The molecule has 100 valence electrons. The van der Waals surface area contributed by atoms with Crippen molar-refractivity contribution in [2.75, 3.05) is 5.32 Å². The van der Waals surface area contributed by atoms with Crippen molar-refractivity contribution >= 4 is 17.6 Å². The molecule has 1 aromatic rings. The zero-order valence-corrected chi connectivity index (χ0v) is 10.6. The number of carbonyl (C=O) groups excluding carboxylic acids is 2. The predicted octanol–water partition coefficient (Wildman–Crippen LogP) is 1.69. The molecule has 3 amide bonds. The monoisotopic (exact) mass is 259 g/mol. The van der Waals surface area contributed by atoms with Gasteiger partial charge in [0.15, 0.2) is 0 Å². The van der Waals surface area contributed by atoms with E-state index in [9.17, 15) is 9.59 Å². The summed E-state index contributed by atoms with van der Waals surface area (Å²) in [6, 6.07) is 6.58. The number of nitrogens with one attached hydrogen (secondary N) is 1. The standard InChI is InChI=1S/C14H17N3O2/c15-14(19)17-8-10-4-1-2-7-11(10)16-13(18)12(17)9-5-3-6-9/h1-2,4,7,9,12H,3,5-6,8H2,(H2,15,19)(H,16,18)/t12-/m0/s1. The zero-order valence-electron chi connectivity index (χ0n) is 10.6. The quantitative estimate of drug-likeness (QED) is 0.805. The van der Waals surface area contributed by atoms with E-state index in [1.807, 2.05) is 24.3 Å². The van der Waals surface area contributed by atoms with Crippen LogP contribution >= 0.6 is 0 Å². The largest absolute Gasteiger partial charge is 0.351 e. The molecule has 3 N–H and O–H groups in total. The summed E-state index contributed by atoms with van der Waals surface area (Å²) in [5.41, 5.74) is 7.18. The van der Waals surface area contributed by atoms with E-state index < -0.39 is 12.1 Å². The zero-order chi connectivity index (χ0) is 13.4. The second-order valence-corrected chi connectivity index (χ2v) is 5.25. The Balaban J connectivity index is 1.98. The molecule has 0 aromatic heterocycles. The smallest absolute Gasteiger partial charge is 0.315 e. The van der Waals surface area contributed by atoms with Gasteiger partial charge in [-0.2, -0.15) is 0 Å². The van der Waals surface area contributed by atoms with Gasteiger partial charge < -0.3 is 16.0 Å². The molecule has 2 aliphatic rings. The summed E-state index contributed by atoms with van der Waals surface area (Å²) >= 11 is 0. The SMILES string of the molecule is NC(=O)N1Cc2ccccc2NC(=O)[C@@H]1C1CCC1. The van der Waals surface area contributed by atoms with E-state index in [4.69, 9.17) is 5.73 Å². The Morgan fingerprint density at radius 2 is 2.05 bits per heavy atom. The van der Waals surface area contributed by atoms with Crippen LogP contribution in [0.2, 0.25) is 0 Å². The molecule has 19 heavy (non-hydrogen) atoms. The van der Waals surface area contributed by atoms with Crippen LogP contribution in [-0.2, 0) is 11.3 Å². The number of fused-ring (bicyclic) bond motifs is 1. The maximum absolute atomic E-state index is 12.4. The lowest BCUT2D eigenvalue weighted by molar-refractivity contribution is -0.123. The Morgan fingerprint density at radius 3 is 2.68 bits per heavy atom. The van der Waals surface area contributed by atoms with E-state index in [2.05, 4.69) is 5.32 Å². The minimum atomic E-state index is -0.524. The summed E-state index contributed by atoms with van der Waals surface area (Å²) in [5, 5.41) is 2.92. The van der Waals surface area contributed by atoms with E-state index in [1.165, 1.54) is 4.90 Å². The van der Waals surface area contributed by atoms with Gasteiger partial charge in [0.05, 0.1) is 6.54 Å². The summed E-state index contributed by atoms with van der Waals surface area (Å²) in [6.45, 7) is 0.394. The average molecular weight is 259 g/mol. The third-order valence-corrected chi connectivity index (χ3v) is 4.10. The van der Waals surface area contributed by atoms with Gasteiger partial charge in [0.1, 0.15) is 6.04 Å². The van der Waals surface area contributed by atoms with Gasteiger partial charge in [-0.3, -0.25) is 4.79 Å². The fourth-order valence-corrected chi connectivity index (χ4v) is 2.85. The van der Waals surface area contributed by atoms with Crippen LogP contribution < -0.4 is 11.1 Å². The number of urea groups is 1. The highest BCUT2D eigenvalue weighted by Crippen LogP contribution is 2.35. The Morgan fingerprint density at radius 1 is 1.32 bits per heavy atom. The fourth-order valence-electron chi connectivity index (χ4n) is 2.85. The summed E-state index contributed by atoms with van der Waals surface area (Å²) in [4.78, 5) is 25.6. The molecule has 1 atom stereocenters. The summed E-state index contributed by atoms with van der Waals surface area (Å²) < 4.78 is 0. The normalized spacial score (nSPS) is 23.1. The lowest BCUT2D eigenvalue weighted by Crippen LogP contribution is -2.53. The lowest BCUT2D eigenvalue weighted by Gasteiger charge is -2.37. The molecule has 5 heteroatoms. The van der Waals surface area contributed by atoms with Gasteiger partial charge in [0, 0.05) is 5.69 Å². The summed E-state index contributed by atoms with van der Waals surface area (Å²) in [5.74, 6) is 0.121. The first-order valence-corrected chi connectivity index (χ1v) is 6.61. The minimum Gasteiger partial charge on any atom is -0.351 e. The molecule has 1 aliphatic heterocycles. The number of hydrogen-bond acceptors (Lipinski definition) is 2. The van der Waals surface area contributed by atoms with Crippen LogP contribution in [0.15, 0.2) is 24.3 Å². The van der Waals surface area contributed by atoms with E-state index >= 15 is 0 Å². The third-order valence-electron chi connectivity index (χ3n) is 4.10. The van der Waals surface area contributed by atoms with E-state index in [0.717, 1.165) is 30.5 Å². The maximum atomic E-state index is 12.4. The Bertz CT molecular complexity index is 525. The number of amides is 3. The highest BCUT2D eigenvalue weighted by Gasteiger charge is 2.40. The van der Waals surface area contributed by atoms with E-state index in [1.54, 1.807) is 0 Å². The molecule has 3 rings (SSSR count). The molecule has 1 aliphatic carbocycles. The van der Waals surface area contributed by atoms with Crippen molar-refractivity contribution in [2.24, 2.45) is 11.7 Å². The fraction of sp³-hybridized carbons (Fsp3) is 0.429. The van der Waals surface area contributed by atoms with Gasteiger partial charge in [0.2, 0.25) is 5.91 Å². The van der Waals surface area contributed by atoms with Gasteiger partial charge in [-0.15, -0.1) is 0 Å². The first kappa shape index (κ1) is 12.0. The highest BCUT2D eigenvalue weighted by atomic mass is 16.2. The van der Waals surface area contributed by atoms with Crippen molar-refractivity contribution in [3.8, 4) is 0 Å². The highest BCUT2D eigenvalue weighted by molar-refractivity contribution is 5.98. The van der Waals surface area contributed by atoms with Crippen molar-refractivity contribution in [2.45, 2.75) is 31.8 Å². The Hall–Kier alpha value is -2.04. The minimum absolute atomic E-state index is 0.117. The van der Waals surface area contributed by atoms with Crippen LogP contribution in [0.1, 0.15) is 24.8 Å². The first-order chi connectivity index (χ1) is 9.16. The second-order valence-electron chi connectivity index (χ2n) is 5.25. The average Bonchev–Trinajstić information content (AvgIpc) is 2.45. The van der Waals surface area contributed by atoms with Crippen LogP contribution in [-0.4, -0.2) is 22.9 Å². The molecule has 1 heterocycles. The van der Waals surface area contributed by atoms with Gasteiger partial charge in [-0.05, 0) is 30.4 Å². The molecule has 1 fully saturated rings. The number of nitrogens with zero attached hydrogens (tertiary/aromatic N) is 1. The van der Waals surface area contributed by atoms with Gasteiger partial charge in [-0.25, -0.2) is 4.79 Å². The molecule has 1 saturated carbocycles. The molecule has 0 bridgehead atoms. The predicted molar refractivity (Wildman–Crippen MR) is 71.3 cm³/mol. The van der Waals surface area contributed by atoms with Crippen LogP contribution in [0.5, 0.6) is 0 Å². The number of primary amides is 1. The molecule has 1 aromatic carbocycles. The maximum Gasteiger partial charge on any atom is 0.315 e. The van der Waals surface area contributed by atoms with Crippen LogP contribution in [0.3, 0.4) is 0 Å². The summed E-state index contributed by atoms with van der Waals surface area (Å²) in [7, 11) is 0. The van der Waals surface area contributed by atoms with Gasteiger partial charge >= 0.3 is 6.03 Å². The summed E-state index contributed by atoms with van der Waals surface area (Å²) in [6.07, 6.45) is 3.09. The molecule has 0 spiro atoms. The van der Waals surface area contributed by atoms with E-state index in [-0.39, 0.29) is 11.8 Å². The number of carbonyl (C=O) groups is 2. The second kappa shape index (κ2) is 4.57. The lowest BCUT2D eigenvalue weighted by atomic mass is 9.78. The molecular weight excluding hydrogens is 242 g/mol. The van der Waals surface area contributed by atoms with Crippen molar-refractivity contribution in [1.82, 2.24) is 4.90 Å². The van der Waals surface area contributed by atoms with Crippen LogP contribution in [0, 0.1) is 5.92 Å². The Kier molecular flexibility index (Phi) is 2.89. The molecule has 0 saturated heterocycles. The van der Waals surface area contributed by atoms with Crippen molar-refractivity contribution in [3.05, 3.63) is 29.8 Å². The molecule has 0 radical (unpaired) electrons. The van der Waals surface area contributed by atoms with Crippen LogP contribution in [0.4, 0.5) is 10.5 Å². The molecule has 5 nitrogen and oxygen atoms in total. The number of rotatable bonds is 1.